The number of fused-ring (bicyclic) bond motifs is 1. The molecule has 1 atom stereocenters. The second-order valence-electron chi connectivity index (χ2n) is 4.62. The molecule has 2 aromatic heterocycles. The maximum absolute atomic E-state index is 10.8. The molecule has 0 saturated heterocycles. The highest BCUT2D eigenvalue weighted by Gasteiger charge is 2.17. The summed E-state index contributed by atoms with van der Waals surface area (Å²) in [7, 11) is 0. The molecule has 0 aliphatic carbocycles. The van der Waals surface area contributed by atoms with E-state index in [0.29, 0.717) is 5.16 Å². The van der Waals surface area contributed by atoms with E-state index in [1.807, 2.05) is 29.7 Å². The number of carboxylic acids is 1. The minimum atomic E-state index is -0.853. The zero-order valence-corrected chi connectivity index (χ0v) is 12.4. The van der Waals surface area contributed by atoms with Crippen molar-refractivity contribution < 1.29 is 9.90 Å². The van der Waals surface area contributed by atoms with Gasteiger partial charge in [-0.3, -0.25) is 4.79 Å². The van der Waals surface area contributed by atoms with E-state index in [0.717, 1.165) is 23.3 Å². The van der Waals surface area contributed by atoms with Crippen molar-refractivity contribution in [3.63, 3.8) is 0 Å². The van der Waals surface area contributed by atoms with Gasteiger partial charge in [-0.15, -0.1) is 6.58 Å². The van der Waals surface area contributed by atoms with Gasteiger partial charge in [-0.05, 0) is 32.4 Å². The van der Waals surface area contributed by atoms with Gasteiger partial charge >= 0.3 is 5.97 Å². The van der Waals surface area contributed by atoms with Crippen LogP contribution in [0.25, 0.3) is 11.2 Å². The van der Waals surface area contributed by atoms with Crippen LogP contribution < -0.4 is 0 Å². The Hall–Kier alpha value is -1.82. The van der Waals surface area contributed by atoms with Gasteiger partial charge in [-0.1, -0.05) is 17.8 Å². The van der Waals surface area contributed by atoms with E-state index in [1.54, 1.807) is 0 Å². The van der Waals surface area contributed by atoms with Gasteiger partial charge in [0.1, 0.15) is 5.52 Å². The number of carboxylic acid groups (broad SMARTS) is 1. The summed E-state index contributed by atoms with van der Waals surface area (Å²) in [5.74, 6) is -0.863. The molecule has 1 unspecified atom stereocenters. The van der Waals surface area contributed by atoms with Gasteiger partial charge in [0.2, 0.25) is 0 Å². The van der Waals surface area contributed by atoms with Gasteiger partial charge < -0.3 is 9.67 Å². The van der Waals surface area contributed by atoms with Crippen LogP contribution in [0, 0.1) is 6.92 Å². The lowest BCUT2D eigenvalue weighted by Gasteiger charge is -2.14. The van der Waals surface area contributed by atoms with Crippen molar-refractivity contribution in [1.82, 2.24) is 14.5 Å². The molecule has 0 aliphatic rings. The van der Waals surface area contributed by atoms with Gasteiger partial charge in [0.05, 0.1) is 5.75 Å². The number of hydrogen-bond donors (Lipinski definition) is 1. The van der Waals surface area contributed by atoms with Crippen LogP contribution in [0.5, 0.6) is 0 Å². The van der Waals surface area contributed by atoms with Crippen molar-refractivity contribution in [2.45, 2.75) is 31.5 Å². The van der Waals surface area contributed by atoms with Crippen molar-refractivity contribution in [2.24, 2.45) is 0 Å². The number of aryl methyl sites for hydroxylation is 1. The van der Waals surface area contributed by atoms with E-state index in [9.17, 15) is 4.79 Å². The van der Waals surface area contributed by atoms with Crippen LogP contribution in [0.3, 0.4) is 0 Å². The monoisotopic (exact) mass is 291 g/mol. The average molecular weight is 291 g/mol. The Kier molecular flexibility index (Phi) is 4.44. The molecule has 2 heterocycles. The van der Waals surface area contributed by atoms with Crippen molar-refractivity contribution in [2.75, 3.05) is 5.75 Å². The summed E-state index contributed by atoms with van der Waals surface area (Å²) < 4.78 is 2.00. The standard InChI is InChI=1S/C14H17N3O2S/c1-4-5-10(3)17-13-11(7-6-9(2)15-13)16-14(17)20-8-12(18)19/h4,6-7,10H,1,5,8H2,2-3H3,(H,18,19). The summed E-state index contributed by atoms with van der Waals surface area (Å²) in [6, 6.07) is 3.96. The Balaban J connectivity index is 2.50. The zero-order valence-electron chi connectivity index (χ0n) is 11.5. The largest absolute Gasteiger partial charge is 0.481 e. The van der Waals surface area contributed by atoms with Crippen molar-refractivity contribution >= 4 is 28.9 Å². The molecule has 0 amide bonds. The van der Waals surface area contributed by atoms with Crippen LogP contribution in [0.1, 0.15) is 25.1 Å². The summed E-state index contributed by atoms with van der Waals surface area (Å²) in [6.45, 7) is 7.74. The second kappa shape index (κ2) is 6.09. The van der Waals surface area contributed by atoms with E-state index >= 15 is 0 Å². The molecule has 0 aromatic carbocycles. The number of aliphatic carboxylic acids is 1. The van der Waals surface area contributed by atoms with Crippen LogP contribution in [0.15, 0.2) is 29.9 Å². The van der Waals surface area contributed by atoms with Crippen molar-refractivity contribution in [1.29, 1.82) is 0 Å². The molecule has 20 heavy (non-hydrogen) atoms. The SMILES string of the molecule is C=CCC(C)n1c(SCC(=O)O)nc2ccc(C)nc21. The Morgan fingerprint density at radius 2 is 2.30 bits per heavy atom. The van der Waals surface area contributed by atoms with Crippen LogP contribution in [0.4, 0.5) is 0 Å². The fourth-order valence-corrected chi connectivity index (χ4v) is 2.84. The number of aromatic nitrogens is 3. The molecule has 1 N–H and O–H groups in total. The quantitative estimate of drug-likeness (QED) is 0.654. The van der Waals surface area contributed by atoms with Crippen LogP contribution in [-0.4, -0.2) is 31.4 Å². The number of pyridine rings is 1. The first-order valence-corrected chi connectivity index (χ1v) is 7.32. The molecule has 0 spiro atoms. The smallest absolute Gasteiger partial charge is 0.313 e. The van der Waals surface area contributed by atoms with Gasteiger partial charge in [-0.25, -0.2) is 9.97 Å². The molecule has 0 radical (unpaired) electrons. The lowest BCUT2D eigenvalue weighted by Crippen LogP contribution is -2.08. The molecule has 2 aromatic rings. The molecule has 2 rings (SSSR count). The third-order valence-electron chi connectivity index (χ3n) is 2.92. The van der Waals surface area contributed by atoms with Gasteiger partial charge in [0.15, 0.2) is 10.8 Å². The van der Waals surface area contributed by atoms with Gasteiger partial charge in [0.25, 0.3) is 0 Å². The number of hydrogen-bond acceptors (Lipinski definition) is 4. The van der Waals surface area contributed by atoms with E-state index in [2.05, 4.69) is 23.5 Å². The number of carbonyl (C=O) groups is 1. The highest BCUT2D eigenvalue weighted by Crippen LogP contribution is 2.28. The maximum atomic E-state index is 10.8. The summed E-state index contributed by atoms with van der Waals surface area (Å²) in [6.07, 6.45) is 2.62. The number of rotatable bonds is 6. The minimum Gasteiger partial charge on any atom is -0.481 e. The predicted octanol–water partition coefficient (Wildman–Crippen LogP) is 3.05. The molecule has 5 nitrogen and oxygen atoms in total. The van der Waals surface area contributed by atoms with Crippen molar-refractivity contribution in [3.8, 4) is 0 Å². The fraction of sp³-hybridized carbons (Fsp3) is 0.357. The van der Waals surface area contributed by atoms with E-state index in [4.69, 9.17) is 5.11 Å². The van der Waals surface area contributed by atoms with E-state index < -0.39 is 5.97 Å². The fourth-order valence-electron chi connectivity index (χ4n) is 2.02. The zero-order chi connectivity index (χ0) is 14.7. The Bertz CT molecular complexity index is 651. The molecule has 0 bridgehead atoms. The summed E-state index contributed by atoms with van der Waals surface area (Å²) in [5.41, 5.74) is 2.51. The van der Waals surface area contributed by atoms with Crippen molar-refractivity contribution in [3.05, 3.63) is 30.5 Å². The molecule has 6 heteroatoms. The Labute approximate surface area is 121 Å². The molecular weight excluding hydrogens is 274 g/mol. The second-order valence-corrected chi connectivity index (χ2v) is 5.56. The van der Waals surface area contributed by atoms with E-state index in [1.165, 1.54) is 11.8 Å². The topological polar surface area (TPSA) is 68.0 Å². The molecule has 0 aliphatic heterocycles. The van der Waals surface area contributed by atoms with Crippen LogP contribution in [-0.2, 0) is 4.79 Å². The first-order valence-electron chi connectivity index (χ1n) is 6.34. The molecule has 106 valence electrons. The molecule has 0 fully saturated rings. The van der Waals surface area contributed by atoms with Gasteiger partial charge in [-0.2, -0.15) is 0 Å². The summed E-state index contributed by atoms with van der Waals surface area (Å²) in [5, 5.41) is 9.53. The third-order valence-corrected chi connectivity index (χ3v) is 3.85. The summed E-state index contributed by atoms with van der Waals surface area (Å²) >= 11 is 1.22. The number of imidazole rings is 1. The molecule has 0 saturated carbocycles. The lowest BCUT2D eigenvalue weighted by molar-refractivity contribution is -0.133. The highest BCUT2D eigenvalue weighted by atomic mass is 32.2. The number of thioether (sulfide) groups is 1. The predicted molar refractivity (Wildman–Crippen MR) is 80.1 cm³/mol. The first kappa shape index (κ1) is 14.6. The normalized spacial score (nSPS) is 12.5. The number of allylic oxidation sites excluding steroid dienone is 1. The van der Waals surface area contributed by atoms with Crippen LogP contribution >= 0.6 is 11.8 Å². The third kappa shape index (κ3) is 3.01. The summed E-state index contributed by atoms with van der Waals surface area (Å²) in [4.78, 5) is 19.8. The minimum absolute atomic E-state index is 0.0108. The molecular formula is C14H17N3O2S. The average Bonchev–Trinajstić information content (AvgIpc) is 2.74. The lowest BCUT2D eigenvalue weighted by atomic mass is 10.2. The number of nitrogens with zero attached hydrogens (tertiary/aromatic N) is 3. The highest BCUT2D eigenvalue weighted by molar-refractivity contribution is 7.99. The first-order chi connectivity index (χ1) is 9.52. The Morgan fingerprint density at radius 1 is 1.55 bits per heavy atom. The Morgan fingerprint density at radius 3 is 2.95 bits per heavy atom. The maximum Gasteiger partial charge on any atom is 0.313 e. The van der Waals surface area contributed by atoms with Crippen LogP contribution in [0.2, 0.25) is 0 Å². The van der Waals surface area contributed by atoms with E-state index in [-0.39, 0.29) is 11.8 Å². The van der Waals surface area contributed by atoms with Gasteiger partial charge in [0, 0.05) is 11.7 Å².